The molecule has 0 saturated heterocycles. The number of hydrogen-bond acceptors (Lipinski definition) is 4. The number of hydrogen-bond donors (Lipinski definition) is 2. The molecule has 30 heavy (non-hydrogen) atoms. The molecule has 2 amide bonds. The molecule has 0 radical (unpaired) electrons. The van der Waals surface area contributed by atoms with Crippen molar-refractivity contribution in [1.29, 1.82) is 0 Å². The van der Waals surface area contributed by atoms with Crippen LogP contribution in [-0.4, -0.2) is 32.6 Å². The summed E-state index contributed by atoms with van der Waals surface area (Å²) in [6, 6.07) is 19.0. The highest BCUT2D eigenvalue weighted by Gasteiger charge is 2.14. The number of methoxy groups -OCH3 is 2. The summed E-state index contributed by atoms with van der Waals surface area (Å²) in [5.74, 6) is 0.767. The Bertz CT molecular complexity index is 1040. The van der Waals surface area contributed by atoms with E-state index in [1.807, 2.05) is 61.5 Å². The van der Waals surface area contributed by atoms with Gasteiger partial charge in [0.25, 0.3) is 0 Å². The fraction of sp³-hybridized carbons (Fsp3) is 0.250. The number of nitrogens with one attached hydrogen (secondary N) is 2. The van der Waals surface area contributed by atoms with Crippen molar-refractivity contribution in [3.63, 3.8) is 0 Å². The second-order valence-corrected chi connectivity index (χ2v) is 7.00. The lowest BCUT2D eigenvalue weighted by Crippen LogP contribution is -2.38. The zero-order chi connectivity index (χ0) is 21.5. The third kappa shape index (κ3) is 5.08. The van der Waals surface area contributed by atoms with Crippen molar-refractivity contribution in [2.45, 2.75) is 19.4 Å². The van der Waals surface area contributed by atoms with Crippen molar-refractivity contribution in [3.8, 4) is 11.5 Å². The van der Waals surface area contributed by atoms with Gasteiger partial charge in [0, 0.05) is 0 Å². The fourth-order valence-corrected chi connectivity index (χ4v) is 3.36. The second-order valence-electron chi connectivity index (χ2n) is 7.00. The van der Waals surface area contributed by atoms with Gasteiger partial charge in [-0.1, -0.05) is 48.5 Å². The molecule has 0 spiro atoms. The lowest BCUT2D eigenvalue weighted by atomic mass is 10.0. The number of carbonyl (C=O) groups is 2. The van der Waals surface area contributed by atoms with Gasteiger partial charge < -0.3 is 20.1 Å². The molecule has 1 atom stereocenters. The van der Waals surface area contributed by atoms with E-state index in [4.69, 9.17) is 9.47 Å². The van der Waals surface area contributed by atoms with E-state index in [2.05, 4.69) is 10.6 Å². The maximum atomic E-state index is 12.3. The molecule has 3 aromatic rings. The molecule has 3 aromatic carbocycles. The molecule has 1 unspecified atom stereocenters. The first-order chi connectivity index (χ1) is 14.5. The van der Waals surface area contributed by atoms with Gasteiger partial charge in [-0.15, -0.1) is 0 Å². The van der Waals surface area contributed by atoms with E-state index in [0.717, 1.165) is 21.9 Å². The van der Waals surface area contributed by atoms with E-state index in [1.54, 1.807) is 20.3 Å². The maximum absolute atomic E-state index is 12.3. The molecule has 0 heterocycles. The Morgan fingerprint density at radius 2 is 1.63 bits per heavy atom. The monoisotopic (exact) mass is 406 g/mol. The zero-order valence-electron chi connectivity index (χ0n) is 17.4. The minimum Gasteiger partial charge on any atom is -0.493 e. The third-order valence-corrected chi connectivity index (χ3v) is 4.96. The van der Waals surface area contributed by atoms with Crippen LogP contribution in [0.3, 0.4) is 0 Å². The Labute approximate surface area is 176 Å². The highest BCUT2D eigenvalue weighted by atomic mass is 16.5. The molecule has 0 aliphatic rings. The maximum Gasteiger partial charge on any atom is 0.239 e. The first kappa shape index (κ1) is 21.2. The van der Waals surface area contributed by atoms with Crippen molar-refractivity contribution in [1.82, 2.24) is 10.6 Å². The van der Waals surface area contributed by atoms with Crippen LogP contribution in [-0.2, 0) is 16.0 Å². The van der Waals surface area contributed by atoms with Gasteiger partial charge in [0.1, 0.15) is 0 Å². The highest BCUT2D eigenvalue weighted by Crippen LogP contribution is 2.29. The molecule has 0 fully saturated rings. The summed E-state index contributed by atoms with van der Waals surface area (Å²) in [5.41, 5.74) is 1.81. The van der Waals surface area contributed by atoms with Crippen molar-refractivity contribution in [2.75, 3.05) is 20.8 Å². The molecular weight excluding hydrogens is 380 g/mol. The van der Waals surface area contributed by atoms with Crippen molar-refractivity contribution < 1.29 is 19.1 Å². The Hall–Kier alpha value is -3.54. The van der Waals surface area contributed by atoms with E-state index in [0.29, 0.717) is 11.5 Å². The van der Waals surface area contributed by atoms with Crippen LogP contribution in [0.25, 0.3) is 10.8 Å². The molecular formula is C24H26N2O4. The van der Waals surface area contributed by atoms with Crippen LogP contribution < -0.4 is 20.1 Å². The Morgan fingerprint density at radius 3 is 2.40 bits per heavy atom. The Kier molecular flexibility index (Phi) is 6.91. The predicted molar refractivity (Wildman–Crippen MR) is 117 cm³/mol. The SMILES string of the molecule is COc1ccc(C(C)NC(=O)CNC(=O)Cc2cccc3ccccc23)cc1OC. The molecule has 2 N–H and O–H groups in total. The summed E-state index contributed by atoms with van der Waals surface area (Å²) in [5, 5.41) is 7.71. The highest BCUT2D eigenvalue weighted by molar-refractivity contribution is 5.91. The van der Waals surface area contributed by atoms with E-state index >= 15 is 0 Å². The number of ether oxygens (including phenoxy) is 2. The lowest BCUT2D eigenvalue weighted by Gasteiger charge is -2.17. The van der Waals surface area contributed by atoms with Gasteiger partial charge in [-0.05, 0) is 41.0 Å². The van der Waals surface area contributed by atoms with Crippen LogP contribution in [0, 0.1) is 0 Å². The molecule has 0 saturated carbocycles. The summed E-state index contributed by atoms with van der Waals surface area (Å²) in [6.07, 6.45) is 0.222. The summed E-state index contributed by atoms with van der Waals surface area (Å²) < 4.78 is 10.5. The van der Waals surface area contributed by atoms with E-state index in [1.165, 1.54) is 0 Å². The molecule has 0 aromatic heterocycles. The second kappa shape index (κ2) is 9.78. The number of benzene rings is 3. The summed E-state index contributed by atoms with van der Waals surface area (Å²) in [6.45, 7) is 1.79. The summed E-state index contributed by atoms with van der Waals surface area (Å²) >= 11 is 0. The lowest BCUT2D eigenvalue weighted by molar-refractivity contribution is -0.126. The first-order valence-electron chi connectivity index (χ1n) is 9.76. The van der Waals surface area contributed by atoms with Gasteiger partial charge in [-0.25, -0.2) is 0 Å². The number of fused-ring (bicyclic) bond motifs is 1. The average Bonchev–Trinajstić information content (AvgIpc) is 2.77. The van der Waals surface area contributed by atoms with Crippen LogP contribution in [0.1, 0.15) is 24.1 Å². The van der Waals surface area contributed by atoms with Crippen LogP contribution in [0.2, 0.25) is 0 Å². The van der Waals surface area contributed by atoms with Gasteiger partial charge in [-0.3, -0.25) is 9.59 Å². The van der Waals surface area contributed by atoms with E-state index in [-0.39, 0.29) is 30.8 Å². The van der Waals surface area contributed by atoms with Crippen molar-refractivity contribution >= 4 is 22.6 Å². The molecule has 0 aliphatic carbocycles. The van der Waals surface area contributed by atoms with Crippen LogP contribution in [0.4, 0.5) is 0 Å². The number of rotatable bonds is 8. The smallest absolute Gasteiger partial charge is 0.239 e. The summed E-state index contributed by atoms with van der Waals surface area (Å²) in [7, 11) is 3.14. The topological polar surface area (TPSA) is 76.7 Å². The fourth-order valence-electron chi connectivity index (χ4n) is 3.36. The largest absolute Gasteiger partial charge is 0.493 e. The normalized spacial score (nSPS) is 11.6. The van der Waals surface area contributed by atoms with Crippen LogP contribution in [0.15, 0.2) is 60.7 Å². The van der Waals surface area contributed by atoms with Crippen LogP contribution >= 0.6 is 0 Å². The standard InChI is InChI=1S/C24H26N2O4/c1-16(18-11-12-21(29-2)22(13-18)30-3)26-24(28)15-25-23(27)14-19-9-6-8-17-7-4-5-10-20(17)19/h4-13,16H,14-15H2,1-3H3,(H,25,27)(H,26,28). The molecule has 3 rings (SSSR count). The summed E-state index contributed by atoms with van der Waals surface area (Å²) in [4.78, 5) is 24.6. The quantitative estimate of drug-likeness (QED) is 0.601. The minimum atomic E-state index is -0.261. The molecule has 156 valence electrons. The Balaban J connectivity index is 1.54. The van der Waals surface area contributed by atoms with Crippen molar-refractivity contribution in [3.05, 3.63) is 71.8 Å². The van der Waals surface area contributed by atoms with Crippen molar-refractivity contribution in [2.24, 2.45) is 0 Å². The minimum absolute atomic E-state index is 0.0821. The molecule has 6 nitrogen and oxygen atoms in total. The number of carbonyl (C=O) groups excluding carboxylic acids is 2. The Morgan fingerprint density at radius 1 is 0.900 bits per heavy atom. The van der Waals surface area contributed by atoms with Gasteiger partial charge in [0.2, 0.25) is 11.8 Å². The van der Waals surface area contributed by atoms with E-state index in [9.17, 15) is 9.59 Å². The molecule has 0 bridgehead atoms. The molecule has 0 aliphatic heterocycles. The predicted octanol–water partition coefficient (Wildman–Crippen LogP) is 3.39. The van der Waals surface area contributed by atoms with Gasteiger partial charge in [-0.2, -0.15) is 0 Å². The van der Waals surface area contributed by atoms with E-state index < -0.39 is 0 Å². The number of amides is 2. The first-order valence-corrected chi connectivity index (χ1v) is 9.76. The van der Waals surface area contributed by atoms with Gasteiger partial charge >= 0.3 is 0 Å². The van der Waals surface area contributed by atoms with Crippen LogP contribution in [0.5, 0.6) is 11.5 Å². The zero-order valence-corrected chi connectivity index (χ0v) is 17.4. The van der Waals surface area contributed by atoms with Gasteiger partial charge in [0.05, 0.1) is 33.2 Å². The molecule has 6 heteroatoms. The van der Waals surface area contributed by atoms with Gasteiger partial charge in [0.15, 0.2) is 11.5 Å². The third-order valence-electron chi connectivity index (χ3n) is 4.96. The average molecular weight is 406 g/mol.